The molecule has 1 aromatic carbocycles. The van der Waals surface area contributed by atoms with Gasteiger partial charge in [-0.1, -0.05) is 55.8 Å². The fraction of sp³-hybridized carbons (Fsp3) is 0.559. The van der Waals surface area contributed by atoms with Gasteiger partial charge < -0.3 is 30.5 Å². The molecule has 45 heavy (non-hydrogen) atoms. The van der Waals surface area contributed by atoms with Gasteiger partial charge in [-0.15, -0.1) is 0 Å². The number of amides is 1. The van der Waals surface area contributed by atoms with E-state index in [0.29, 0.717) is 18.4 Å². The van der Waals surface area contributed by atoms with E-state index in [4.69, 9.17) is 4.74 Å². The lowest BCUT2D eigenvalue weighted by atomic mass is 9.46. The Bertz CT molecular complexity index is 1440. The van der Waals surface area contributed by atoms with Gasteiger partial charge in [0, 0.05) is 23.2 Å². The van der Waals surface area contributed by atoms with Crippen molar-refractivity contribution >= 4 is 29.4 Å². The van der Waals surface area contributed by atoms with Crippen LogP contribution in [0, 0.1) is 28.6 Å². The van der Waals surface area contributed by atoms with Crippen LogP contribution in [0.25, 0.3) is 0 Å². The normalized spacial score (nSPS) is 34.8. The zero-order valence-corrected chi connectivity index (χ0v) is 25.5. The molecule has 5 N–H and O–H groups in total. The summed E-state index contributed by atoms with van der Waals surface area (Å²) < 4.78 is 5.15. The molecule has 4 aliphatic rings. The second-order valence-corrected chi connectivity index (χ2v) is 13.4. The number of carbonyl (C=O) groups excluding carboxylic acids is 4. The molecule has 0 spiro atoms. The molecule has 0 aliphatic heterocycles. The van der Waals surface area contributed by atoms with Crippen molar-refractivity contribution in [2.75, 3.05) is 6.61 Å². The predicted octanol–water partition coefficient (Wildman–Crippen LogP) is 2.19. The summed E-state index contributed by atoms with van der Waals surface area (Å²) in [6, 6.07) is 6.34. The fourth-order valence-electron chi connectivity index (χ4n) is 8.71. The highest BCUT2D eigenvalue weighted by molar-refractivity contribution is 6.01. The van der Waals surface area contributed by atoms with Crippen LogP contribution in [0.3, 0.4) is 0 Å². The van der Waals surface area contributed by atoms with Crippen molar-refractivity contribution in [2.45, 2.75) is 82.6 Å². The summed E-state index contributed by atoms with van der Waals surface area (Å²) in [6.07, 6.45) is 4.24. The molecule has 0 radical (unpaired) electrons. The van der Waals surface area contributed by atoms with E-state index in [-0.39, 0.29) is 36.4 Å². The first-order valence-corrected chi connectivity index (χ1v) is 15.5. The van der Waals surface area contributed by atoms with Crippen molar-refractivity contribution in [1.82, 2.24) is 5.32 Å². The van der Waals surface area contributed by atoms with Gasteiger partial charge in [0.25, 0.3) is 0 Å². The predicted molar refractivity (Wildman–Crippen MR) is 159 cm³/mol. The SMILES string of the molecule is C[C@]12C=CC(=O)C=C1CC[C@@H]1[C@H]2[C@@H](O)C[C@@]2(C)[C@H]1CC[C@]2(O)C(=O)COC(=O)CCC(=O)N[C@H](C(=O)O)[C@H](O)c1ccccc1. The quantitative estimate of drug-likeness (QED) is 0.242. The first-order valence-electron chi connectivity index (χ1n) is 15.5. The number of ether oxygens (including phenoxy) is 1. The zero-order valence-electron chi connectivity index (χ0n) is 25.5. The Morgan fingerprint density at radius 2 is 1.80 bits per heavy atom. The molecule has 11 heteroatoms. The van der Waals surface area contributed by atoms with Crippen molar-refractivity contribution in [3.05, 3.63) is 59.7 Å². The molecule has 1 aromatic rings. The molecule has 9 atom stereocenters. The minimum atomic E-state index is -1.82. The number of fused-ring (bicyclic) bond motifs is 5. The summed E-state index contributed by atoms with van der Waals surface area (Å²) in [5, 5.41) is 45.5. The molecule has 5 rings (SSSR count). The number of Topliss-reactive ketones (excluding diaryl/α,β-unsaturated/α-hetero) is 1. The summed E-state index contributed by atoms with van der Waals surface area (Å²) in [5.74, 6) is -4.04. The largest absolute Gasteiger partial charge is 0.480 e. The highest BCUT2D eigenvalue weighted by Crippen LogP contribution is 2.67. The first kappa shape index (κ1) is 32.7. The summed E-state index contributed by atoms with van der Waals surface area (Å²) in [4.78, 5) is 62.1. The van der Waals surface area contributed by atoms with Gasteiger partial charge in [0.15, 0.2) is 18.4 Å². The Kier molecular flexibility index (Phi) is 8.91. The van der Waals surface area contributed by atoms with E-state index in [1.165, 1.54) is 12.1 Å². The highest BCUT2D eigenvalue weighted by atomic mass is 16.5. The van der Waals surface area contributed by atoms with Crippen molar-refractivity contribution in [1.29, 1.82) is 0 Å². The lowest BCUT2D eigenvalue weighted by molar-refractivity contribution is -0.181. The number of benzene rings is 1. The van der Waals surface area contributed by atoms with Crippen molar-refractivity contribution in [3.8, 4) is 0 Å². The van der Waals surface area contributed by atoms with E-state index < -0.39 is 77.8 Å². The van der Waals surface area contributed by atoms with Gasteiger partial charge in [0.05, 0.1) is 12.5 Å². The summed E-state index contributed by atoms with van der Waals surface area (Å²) >= 11 is 0. The number of allylic oxidation sites excluding steroid dienone is 4. The molecule has 4 aliphatic carbocycles. The molecule has 0 aromatic heterocycles. The smallest absolute Gasteiger partial charge is 0.329 e. The number of carbonyl (C=O) groups is 5. The van der Waals surface area contributed by atoms with Crippen molar-refractivity contribution in [2.24, 2.45) is 28.6 Å². The third kappa shape index (κ3) is 5.77. The Hall–Kier alpha value is -3.67. The van der Waals surface area contributed by atoms with Gasteiger partial charge in [0.1, 0.15) is 11.7 Å². The van der Waals surface area contributed by atoms with Crippen molar-refractivity contribution in [3.63, 3.8) is 0 Å². The van der Waals surface area contributed by atoms with Crippen molar-refractivity contribution < 1.29 is 49.1 Å². The first-order chi connectivity index (χ1) is 21.2. The average Bonchev–Trinajstić information content (AvgIpc) is 3.28. The van der Waals surface area contributed by atoms with Crippen LogP contribution in [-0.4, -0.2) is 74.2 Å². The standard InChI is InChI=1S/C34H41NO10/c1-32-14-12-21(36)16-20(32)8-9-22-23-13-15-34(44,33(23,2)17-24(37)28(22)32)25(38)18-45-27(40)11-10-26(39)35-29(31(42)43)30(41)19-6-4-3-5-7-19/h3-7,12,14,16,22-24,28-30,37,41,44H,8-11,13,15,17-18H2,1-2H3,(H,35,39)(H,42,43)/t22-,23-,24-,28-,29-,30+,32-,33-,34-/m0/s1. The van der Waals surface area contributed by atoms with E-state index in [1.54, 1.807) is 30.4 Å². The van der Waals surface area contributed by atoms with Gasteiger partial charge >= 0.3 is 11.9 Å². The lowest BCUT2D eigenvalue weighted by Crippen LogP contribution is -2.61. The average molecular weight is 624 g/mol. The summed E-state index contributed by atoms with van der Waals surface area (Å²) in [7, 11) is 0. The number of aliphatic hydroxyl groups is 3. The third-order valence-corrected chi connectivity index (χ3v) is 11.1. The number of ketones is 2. The van der Waals surface area contributed by atoms with Crippen LogP contribution in [0.2, 0.25) is 0 Å². The second kappa shape index (κ2) is 12.3. The van der Waals surface area contributed by atoms with Gasteiger partial charge in [0.2, 0.25) is 11.7 Å². The van der Waals surface area contributed by atoms with E-state index in [2.05, 4.69) is 5.32 Å². The molecule has 0 saturated heterocycles. The zero-order chi connectivity index (χ0) is 32.7. The number of carboxylic acid groups (broad SMARTS) is 1. The van der Waals surface area contributed by atoms with Crippen LogP contribution in [0.4, 0.5) is 0 Å². The molecule has 0 bridgehead atoms. The molecule has 3 fully saturated rings. The van der Waals surface area contributed by atoms with E-state index in [1.807, 2.05) is 19.9 Å². The highest BCUT2D eigenvalue weighted by Gasteiger charge is 2.68. The number of hydrogen-bond acceptors (Lipinski definition) is 9. The number of hydrogen-bond donors (Lipinski definition) is 5. The molecule has 11 nitrogen and oxygen atoms in total. The Balaban J connectivity index is 1.17. The number of rotatable bonds is 10. The molecule has 3 saturated carbocycles. The number of aliphatic hydroxyl groups excluding tert-OH is 2. The van der Waals surface area contributed by atoms with E-state index >= 15 is 0 Å². The third-order valence-electron chi connectivity index (χ3n) is 11.1. The Morgan fingerprint density at radius 3 is 2.49 bits per heavy atom. The maximum atomic E-state index is 13.5. The van der Waals surface area contributed by atoms with E-state index in [9.17, 15) is 44.4 Å². The van der Waals surface area contributed by atoms with Crippen LogP contribution in [0.15, 0.2) is 54.1 Å². The molecule has 1 amide bonds. The number of esters is 1. The Morgan fingerprint density at radius 1 is 1.09 bits per heavy atom. The molecular formula is C34H41NO10. The van der Waals surface area contributed by atoms with Crippen LogP contribution < -0.4 is 5.32 Å². The van der Waals surface area contributed by atoms with Gasteiger partial charge in [-0.25, -0.2) is 4.79 Å². The minimum Gasteiger partial charge on any atom is -0.480 e. The monoisotopic (exact) mass is 623 g/mol. The molecule has 0 heterocycles. The summed E-state index contributed by atoms with van der Waals surface area (Å²) in [6.45, 7) is 3.16. The molecular weight excluding hydrogens is 582 g/mol. The second-order valence-electron chi connectivity index (χ2n) is 13.4. The number of carboxylic acids is 1. The van der Waals surface area contributed by atoms with Crippen LogP contribution in [0.5, 0.6) is 0 Å². The minimum absolute atomic E-state index is 0.0247. The maximum Gasteiger partial charge on any atom is 0.329 e. The molecule has 0 unspecified atom stereocenters. The topological polar surface area (TPSA) is 188 Å². The van der Waals surface area contributed by atoms with Crippen LogP contribution in [0.1, 0.15) is 70.5 Å². The molecule has 242 valence electrons. The van der Waals surface area contributed by atoms with Gasteiger partial charge in [-0.05, 0) is 61.7 Å². The summed E-state index contributed by atoms with van der Waals surface area (Å²) in [5.41, 5.74) is -1.94. The van der Waals surface area contributed by atoms with Crippen LogP contribution >= 0.6 is 0 Å². The van der Waals surface area contributed by atoms with Gasteiger partial charge in [-0.2, -0.15) is 0 Å². The van der Waals surface area contributed by atoms with Gasteiger partial charge in [-0.3, -0.25) is 19.2 Å². The number of nitrogens with one attached hydrogen (secondary N) is 1. The fourth-order valence-corrected chi connectivity index (χ4v) is 8.71. The maximum absolute atomic E-state index is 13.5. The Labute approximate surface area is 261 Å². The number of aliphatic carboxylic acids is 1. The lowest BCUT2D eigenvalue weighted by Gasteiger charge is -2.59. The van der Waals surface area contributed by atoms with E-state index in [0.717, 1.165) is 12.0 Å². The van der Waals surface area contributed by atoms with Crippen LogP contribution in [-0.2, 0) is 28.7 Å².